The van der Waals surface area contributed by atoms with E-state index in [0.29, 0.717) is 6.61 Å². The zero-order valence-electron chi connectivity index (χ0n) is 20.6. The van der Waals surface area contributed by atoms with Gasteiger partial charge in [0.15, 0.2) is 0 Å². The molecule has 176 valence electrons. The average Bonchev–Trinajstić information content (AvgIpc) is 2.93. The second-order valence-corrected chi connectivity index (χ2v) is 11.4. The Labute approximate surface area is 193 Å². The second-order valence-electron chi connectivity index (χ2n) is 11.4. The molecule has 4 rings (SSSR count). The van der Waals surface area contributed by atoms with Crippen LogP contribution in [0.25, 0.3) is 0 Å². The molecule has 2 saturated heterocycles. The number of carbonyl (C=O) groups is 1. The standard InChI is InChI=1S/C25H38BNO5/c1-23(2,3)30-22(28)27-19-10-8-9-11-21(19)29-16-20(27)17-12-14-18(15-13-17)26-31-24(4,5)25(6,7)32-26/h12-15,19-21H,8-11,16H2,1-7H3. The first-order valence-corrected chi connectivity index (χ1v) is 12.0. The molecule has 3 atom stereocenters. The fraction of sp³-hybridized carbons (Fsp3) is 0.720. The number of hydrogen-bond acceptors (Lipinski definition) is 5. The minimum Gasteiger partial charge on any atom is -0.444 e. The smallest absolute Gasteiger partial charge is 0.444 e. The summed E-state index contributed by atoms with van der Waals surface area (Å²) in [6.07, 6.45) is 4.05. The van der Waals surface area contributed by atoms with E-state index in [1.165, 1.54) is 0 Å². The quantitative estimate of drug-likeness (QED) is 0.625. The van der Waals surface area contributed by atoms with Crippen LogP contribution in [0.3, 0.4) is 0 Å². The van der Waals surface area contributed by atoms with E-state index in [1.807, 2.05) is 37.8 Å². The van der Waals surface area contributed by atoms with E-state index in [0.717, 1.165) is 36.7 Å². The lowest BCUT2D eigenvalue weighted by Crippen LogP contribution is -2.57. The summed E-state index contributed by atoms with van der Waals surface area (Å²) in [5.41, 5.74) is 0.724. The summed E-state index contributed by atoms with van der Waals surface area (Å²) < 4.78 is 24.4. The third kappa shape index (κ3) is 4.57. The van der Waals surface area contributed by atoms with Gasteiger partial charge in [-0.2, -0.15) is 0 Å². The molecular formula is C25H38BNO5. The number of nitrogens with zero attached hydrogens (tertiary/aromatic N) is 1. The Morgan fingerprint density at radius 2 is 1.62 bits per heavy atom. The zero-order valence-corrected chi connectivity index (χ0v) is 20.6. The fourth-order valence-corrected chi connectivity index (χ4v) is 4.80. The van der Waals surface area contributed by atoms with Crippen molar-refractivity contribution in [1.82, 2.24) is 4.90 Å². The Bertz CT molecular complexity index is 816. The van der Waals surface area contributed by atoms with E-state index in [1.54, 1.807) is 0 Å². The van der Waals surface area contributed by atoms with Crippen LogP contribution in [0.2, 0.25) is 0 Å². The lowest BCUT2D eigenvalue weighted by molar-refractivity contribution is -0.118. The van der Waals surface area contributed by atoms with E-state index in [4.69, 9.17) is 18.8 Å². The van der Waals surface area contributed by atoms with Crippen LogP contribution < -0.4 is 5.46 Å². The maximum Gasteiger partial charge on any atom is 0.494 e. The number of carbonyl (C=O) groups excluding carboxylic acids is 1. The Morgan fingerprint density at radius 1 is 1.03 bits per heavy atom. The van der Waals surface area contributed by atoms with Gasteiger partial charge in [0.1, 0.15) is 5.60 Å². The largest absolute Gasteiger partial charge is 0.494 e. The van der Waals surface area contributed by atoms with Crippen LogP contribution >= 0.6 is 0 Å². The lowest BCUT2D eigenvalue weighted by atomic mass is 9.78. The molecule has 32 heavy (non-hydrogen) atoms. The van der Waals surface area contributed by atoms with Crippen LogP contribution in [-0.4, -0.2) is 53.7 Å². The van der Waals surface area contributed by atoms with Gasteiger partial charge in [-0.1, -0.05) is 37.1 Å². The van der Waals surface area contributed by atoms with Crippen molar-refractivity contribution in [2.24, 2.45) is 0 Å². The Morgan fingerprint density at radius 3 is 2.22 bits per heavy atom. The fourth-order valence-electron chi connectivity index (χ4n) is 4.80. The number of fused-ring (bicyclic) bond motifs is 1. The van der Waals surface area contributed by atoms with E-state index in [2.05, 4.69) is 39.8 Å². The summed E-state index contributed by atoms with van der Waals surface area (Å²) in [7, 11) is -0.402. The number of benzene rings is 1. The van der Waals surface area contributed by atoms with Gasteiger partial charge >= 0.3 is 13.2 Å². The van der Waals surface area contributed by atoms with Crippen LogP contribution in [0.5, 0.6) is 0 Å². The van der Waals surface area contributed by atoms with Crippen LogP contribution in [0.15, 0.2) is 24.3 Å². The molecular weight excluding hydrogens is 405 g/mol. The first kappa shape index (κ1) is 23.6. The zero-order chi connectivity index (χ0) is 23.3. The molecule has 0 aromatic heterocycles. The normalized spacial score (nSPS) is 29.5. The number of ether oxygens (including phenoxy) is 2. The molecule has 1 saturated carbocycles. The molecule has 6 nitrogen and oxygen atoms in total. The monoisotopic (exact) mass is 443 g/mol. The summed E-state index contributed by atoms with van der Waals surface area (Å²) in [5, 5.41) is 0. The van der Waals surface area contributed by atoms with Crippen molar-refractivity contribution < 1.29 is 23.6 Å². The summed E-state index contributed by atoms with van der Waals surface area (Å²) in [6.45, 7) is 14.4. The molecule has 2 aliphatic heterocycles. The maximum absolute atomic E-state index is 13.3. The van der Waals surface area contributed by atoms with Crippen molar-refractivity contribution >= 4 is 18.7 Å². The number of morpholine rings is 1. The Balaban J connectivity index is 1.57. The van der Waals surface area contributed by atoms with Gasteiger partial charge < -0.3 is 18.8 Å². The molecule has 1 amide bonds. The first-order valence-electron chi connectivity index (χ1n) is 12.0. The van der Waals surface area contributed by atoms with Crippen molar-refractivity contribution in [3.05, 3.63) is 29.8 Å². The molecule has 0 spiro atoms. The molecule has 2 heterocycles. The third-order valence-corrected chi connectivity index (χ3v) is 7.28. The van der Waals surface area contributed by atoms with Gasteiger partial charge in [-0.15, -0.1) is 0 Å². The predicted octanol–water partition coefficient (Wildman–Crippen LogP) is 4.61. The summed E-state index contributed by atoms with van der Waals surface area (Å²) in [6, 6.07) is 8.09. The number of amides is 1. The van der Waals surface area contributed by atoms with Crippen LogP contribution in [0.1, 0.15) is 85.8 Å². The third-order valence-electron chi connectivity index (χ3n) is 7.28. The molecule has 1 aromatic rings. The molecule has 1 aliphatic carbocycles. The van der Waals surface area contributed by atoms with Crippen molar-refractivity contribution in [2.45, 2.75) is 109 Å². The molecule has 0 N–H and O–H groups in total. The molecule has 3 fully saturated rings. The molecule has 7 heteroatoms. The van der Waals surface area contributed by atoms with Gasteiger partial charge in [-0.3, -0.25) is 4.90 Å². The molecule has 1 aromatic carbocycles. The van der Waals surface area contributed by atoms with Crippen molar-refractivity contribution in [1.29, 1.82) is 0 Å². The van der Waals surface area contributed by atoms with E-state index >= 15 is 0 Å². The van der Waals surface area contributed by atoms with Crippen LogP contribution in [0, 0.1) is 0 Å². The molecule has 0 bridgehead atoms. The summed E-state index contributed by atoms with van der Waals surface area (Å²) >= 11 is 0. The van der Waals surface area contributed by atoms with Crippen LogP contribution in [0.4, 0.5) is 4.79 Å². The lowest BCUT2D eigenvalue weighted by Gasteiger charge is -2.48. The maximum atomic E-state index is 13.3. The highest BCUT2D eigenvalue weighted by Crippen LogP contribution is 2.39. The van der Waals surface area contributed by atoms with Gasteiger partial charge in [-0.25, -0.2) is 4.79 Å². The van der Waals surface area contributed by atoms with Gasteiger partial charge in [-0.05, 0) is 72.3 Å². The Kier molecular flexibility index (Phi) is 6.14. The highest BCUT2D eigenvalue weighted by Gasteiger charge is 2.52. The average molecular weight is 443 g/mol. The minimum atomic E-state index is -0.537. The van der Waals surface area contributed by atoms with Gasteiger partial charge in [0.05, 0.1) is 36.0 Å². The van der Waals surface area contributed by atoms with Crippen molar-refractivity contribution in [3.63, 3.8) is 0 Å². The predicted molar refractivity (Wildman–Crippen MR) is 125 cm³/mol. The number of rotatable bonds is 2. The summed E-state index contributed by atoms with van der Waals surface area (Å²) in [5.74, 6) is 0. The summed E-state index contributed by atoms with van der Waals surface area (Å²) in [4.78, 5) is 15.2. The van der Waals surface area contributed by atoms with Gasteiger partial charge in [0, 0.05) is 0 Å². The van der Waals surface area contributed by atoms with Gasteiger partial charge in [0.2, 0.25) is 0 Å². The Hall–Kier alpha value is -1.57. The highest BCUT2D eigenvalue weighted by molar-refractivity contribution is 6.62. The van der Waals surface area contributed by atoms with Crippen molar-refractivity contribution in [3.8, 4) is 0 Å². The molecule has 3 unspecified atom stereocenters. The second kappa shape index (κ2) is 8.34. The topological polar surface area (TPSA) is 57.2 Å². The number of hydrogen-bond donors (Lipinski definition) is 0. The molecule has 3 aliphatic rings. The van der Waals surface area contributed by atoms with Crippen molar-refractivity contribution in [2.75, 3.05) is 6.61 Å². The minimum absolute atomic E-state index is 0.0557. The van der Waals surface area contributed by atoms with E-state index in [9.17, 15) is 4.79 Å². The van der Waals surface area contributed by atoms with Gasteiger partial charge in [0.25, 0.3) is 0 Å². The van der Waals surface area contributed by atoms with E-state index in [-0.39, 0.29) is 35.5 Å². The van der Waals surface area contributed by atoms with Crippen LogP contribution in [-0.2, 0) is 18.8 Å². The highest BCUT2D eigenvalue weighted by atomic mass is 16.7. The van der Waals surface area contributed by atoms with E-state index < -0.39 is 12.7 Å². The first-order chi connectivity index (χ1) is 14.9. The molecule has 0 radical (unpaired) electrons. The SMILES string of the molecule is CC(C)(C)OC(=O)N1C(c2ccc(B3OC(C)(C)C(C)(C)O3)cc2)COC2CCCCC21.